The fourth-order valence-corrected chi connectivity index (χ4v) is 2.63. The molecular weight excluding hydrogens is 333 g/mol. The first-order chi connectivity index (χ1) is 10.1. The summed E-state index contributed by atoms with van der Waals surface area (Å²) >= 11 is 3.43. The van der Waals surface area contributed by atoms with Crippen LogP contribution < -0.4 is 4.74 Å². The van der Waals surface area contributed by atoms with Crippen molar-refractivity contribution in [2.24, 2.45) is 5.92 Å². The van der Waals surface area contributed by atoms with E-state index >= 15 is 0 Å². The smallest absolute Gasteiger partial charge is 0.136 e. The average molecular weight is 350 g/mol. The van der Waals surface area contributed by atoms with Gasteiger partial charge in [-0.05, 0) is 59.0 Å². The highest BCUT2D eigenvalue weighted by Crippen LogP contribution is 2.34. The third-order valence-corrected chi connectivity index (χ3v) is 4.55. The summed E-state index contributed by atoms with van der Waals surface area (Å²) in [4.78, 5) is 1.87. The van der Waals surface area contributed by atoms with Gasteiger partial charge < -0.3 is 9.64 Å². The van der Waals surface area contributed by atoms with Gasteiger partial charge in [0.25, 0.3) is 0 Å². The van der Waals surface area contributed by atoms with Crippen molar-refractivity contribution in [2.75, 3.05) is 13.7 Å². The maximum absolute atomic E-state index is 14.4. The van der Waals surface area contributed by atoms with Crippen LogP contribution in [0.2, 0.25) is 0 Å². The van der Waals surface area contributed by atoms with Crippen molar-refractivity contribution in [2.45, 2.75) is 12.8 Å². The quantitative estimate of drug-likeness (QED) is 0.781. The largest absolute Gasteiger partial charge is 0.493 e. The van der Waals surface area contributed by atoms with Crippen LogP contribution in [-0.2, 0) is 0 Å². The van der Waals surface area contributed by atoms with Gasteiger partial charge in [0, 0.05) is 28.9 Å². The number of hydrogen-bond acceptors (Lipinski definition) is 2. The molecule has 3 rings (SSSR count). The van der Waals surface area contributed by atoms with E-state index < -0.39 is 0 Å². The molecule has 0 radical (unpaired) electrons. The highest BCUT2D eigenvalue weighted by molar-refractivity contribution is 9.12. The minimum atomic E-state index is -0.277. The first-order valence-corrected chi connectivity index (χ1v) is 7.79. The van der Waals surface area contributed by atoms with E-state index in [-0.39, 0.29) is 5.82 Å². The molecular formula is C17H17BrFNO. The number of nitrogens with zero attached hydrogens (tertiary/aromatic N) is 1. The Hall–Kier alpha value is -1.55. The van der Waals surface area contributed by atoms with Gasteiger partial charge >= 0.3 is 0 Å². The predicted octanol–water partition coefficient (Wildman–Crippen LogP) is 4.69. The summed E-state index contributed by atoms with van der Waals surface area (Å²) in [6.07, 6.45) is 6.21. The van der Waals surface area contributed by atoms with Crippen molar-refractivity contribution in [1.29, 1.82) is 0 Å². The standard InChI is InChI=1S/C17H17BrFNO/c1-11-15(18)7-8-17(20(11)2)14-6-5-13(9-16(14)19)21-10-12-3-4-12/h5-9,12H,1,3-4,10H2,2H3. The molecule has 1 aromatic carbocycles. The normalized spacial score (nSPS) is 18.4. The molecule has 0 unspecified atom stereocenters. The van der Waals surface area contributed by atoms with Crippen LogP contribution in [0, 0.1) is 11.7 Å². The van der Waals surface area contributed by atoms with Crippen LogP contribution in [0.25, 0.3) is 5.70 Å². The SMILES string of the molecule is C=C1C(Br)=CC=C(c2ccc(OCC3CC3)cc2F)N1C. The van der Waals surface area contributed by atoms with Crippen LogP contribution in [0.5, 0.6) is 5.75 Å². The summed E-state index contributed by atoms with van der Waals surface area (Å²) in [5, 5.41) is 0. The van der Waals surface area contributed by atoms with E-state index in [4.69, 9.17) is 4.74 Å². The Morgan fingerprint density at radius 3 is 2.81 bits per heavy atom. The van der Waals surface area contributed by atoms with E-state index in [1.54, 1.807) is 6.07 Å². The number of hydrogen-bond donors (Lipinski definition) is 0. The molecule has 0 aromatic heterocycles. The zero-order chi connectivity index (χ0) is 15.0. The van der Waals surface area contributed by atoms with Gasteiger partial charge in [0.1, 0.15) is 11.6 Å². The third-order valence-electron chi connectivity index (χ3n) is 3.83. The van der Waals surface area contributed by atoms with Gasteiger partial charge in [-0.15, -0.1) is 0 Å². The van der Waals surface area contributed by atoms with Gasteiger partial charge in [-0.2, -0.15) is 0 Å². The maximum Gasteiger partial charge on any atom is 0.136 e. The number of halogens is 2. The van der Waals surface area contributed by atoms with Gasteiger partial charge in [-0.25, -0.2) is 4.39 Å². The number of allylic oxidation sites excluding steroid dienone is 3. The van der Waals surface area contributed by atoms with E-state index in [1.807, 2.05) is 30.2 Å². The van der Waals surface area contributed by atoms with Crippen molar-refractivity contribution < 1.29 is 9.13 Å². The second kappa shape index (κ2) is 5.68. The van der Waals surface area contributed by atoms with Gasteiger partial charge in [-0.1, -0.05) is 6.58 Å². The van der Waals surface area contributed by atoms with Gasteiger partial charge in [0.2, 0.25) is 0 Å². The van der Waals surface area contributed by atoms with Crippen molar-refractivity contribution in [3.63, 3.8) is 0 Å². The zero-order valence-corrected chi connectivity index (χ0v) is 13.5. The van der Waals surface area contributed by atoms with Gasteiger partial charge in [0.15, 0.2) is 0 Å². The van der Waals surface area contributed by atoms with Crippen LogP contribution in [0.3, 0.4) is 0 Å². The lowest BCUT2D eigenvalue weighted by Crippen LogP contribution is -2.18. The maximum atomic E-state index is 14.4. The van der Waals surface area contributed by atoms with Crippen LogP contribution in [-0.4, -0.2) is 18.6 Å². The molecule has 0 N–H and O–H groups in total. The topological polar surface area (TPSA) is 12.5 Å². The van der Waals surface area contributed by atoms with Gasteiger partial charge in [0.05, 0.1) is 12.3 Å². The van der Waals surface area contributed by atoms with Crippen LogP contribution in [0.4, 0.5) is 4.39 Å². The van der Waals surface area contributed by atoms with E-state index in [9.17, 15) is 4.39 Å². The Kier molecular flexibility index (Phi) is 3.89. The molecule has 0 spiro atoms. The van der Waals surface area contributed by atoms with Gasteiger partial charge in [-0.3, -0.25) is 0 Å². The molecule has 1 aromatic rings. The lowest BCUT2D eigenvalue weighted by Gasteiger charge is -2.28. The summed E-state index contributed by atoms with van der Waals surface area (Å²) in [5.74, 6) is 0.976. The molecule has 2 aliphatic rings. The second-order valence-electron chi connectivity index (χ2n) is 5.47. The zero-order valence-electron chi connectivity index (χ0n) is 11.9. The Labute approximate surface area is 132 Å². The molecule has 110 valence electrons. The van der Waals surface area contributed by atoms with Crippen molar-refractivity contribution in [3.05, 3.63) is 58.5 Å². The van der Waals surface area contributed by atoms with Crippen molar-refractivity contribution in [1.82, 2.24) is 4.90 Å². The minimum absolute atomic E-state index is 0.277. The summed E-state index contributed by atoms with van der Waals surface area (Å²) in [7, 11) is 1.87. The van der Waals surface area contributed by atoms with Crippen LogP contribution in [0.15, 0.2) is 47.1 Å². The Morgan fingerprint density at radius 1 is 1.38 bits per heavy atom. The molecule has 1 saturated carbocycles. The van der Waals surface area contributed by atoms with Crippen LogP contribution >= 0.6 is 15.9 Å². The molecule has 1 fully saturated rings. The second-order valence-corrected chi connectivity index (χ2v) is 6.32. The first-order valence-electron chi connectivity index (χ1n) is 6.99. The molecule has 0 amide bonds. The monoisotopic (exact) mass is 349 g/mol. The Morgan fingerprint density at radius 2 is 2.14 bits per heavy atom. The molecule has 0 bridgehead atoms. The van der Waals surface area contributed by atoms with Crippen LogP contribution in [0.1, 0.15) is 18.4 Å². The Balaban J connectivity index is 1.83. The third kappa shape index (κ3) is 3.05. The predicted molar refractivity (Wildman–Crippen MR) is 86.5 cm³/mol. The number of benzene rings is 1. The van der Waals surface area contributed by atoms with E-state index in [1.165, 1.54) is 18.9 Å². The molecule has 0 saturated heterocycles. The minimum Gasteiger partial charge on any atom is -0.493 e. The molecule has 1 aliphatic carbocycles. The highest BCUT2D eigenvalue weighted by atomic mass is 79.9. The van der Waals surface area contributed by atoms with Crippen molar-refractivity contribution >= 4 is 21.6 Å². The molecule has 4 heteroatoms. The summed E-state index contributed by atoms with van der Waals surface area (Å²) in [5.41, 5.74) is 2.14. The number of rotatable bonds is 4. The first kappa shape index (κ1) is 14.4. The average Bonchev–Trinajstić information content (AvgIpc) is 3.28. The fraction of sp³-hybridized carbons (Fsp3) is 0.294. The van der Waals surface area contributed by atoms with Crippen molar-refractivity contribution in [3.8, 4) is 5.75 Å². The molecule has 0 atom stereocenters. The van der Waals surface area contributed by atoms with E-state index in [2.05, 4.69) is 22.5 Å². The summed E-state index contributed by atoms with van der Waals surface area (Å²) in [6.45, 7) is 4.67. The van der Waals surface area contributed by atoms with E-state index in [0.717, 1.165) is 15.9 Å². The number of ether oxygens (including phenoxy) is 1. The Bertz CT molecular complexity index is 646. The lowest BCUT2D eigenvalue weighted by molar-refractivity contribution is 0.298. The molecule has 2 nitrogen and oxygen atoms in total. The summed E-state index contributed by atoms with van der Waals surface area (Å²) in [6, 6.07) is 5.05. The lowest BCUT2D eigenvalue weighted by atomic mass is 10.1. The molecule has 1 heterocycles. The highest BCUT2D eigenvalue weighted by Gasteiger charge is 2.22. The fourth-order valence-electron chi connectivity index (χ4n) is 2.23. The molecule has 21 heavy (non-hydrogen) atoms. The molecule has 1 aliphatic heterocycles. The van der Waals surface area contributed by atoms with E-state index in [0.29, 0.717) is 23.8 Å². The summed E-state index contributed by atoms with van der Waals surface area (Å²) < 4.78 is 20.9. The number of likely N-dealkylation sites (N-methyl/N-ethyl adjacent to an activating group) is 1.